The van der Waals surface area contributed by atoms with E-state index in [4.69, 9.17) is 0 Å². The third kappa shape index (κ3) is 2.03. The number of carbonyl (C=O) groups excluding carboxylic acids is 1. The van der Waals surface area contributed by atoms with Gasteiger partial charge in [0.25, 0.3) is 5.91 Å². The Morgan fingerprint density at radius 2 is 2.20 bits per heavy atom. The molecule has 0 saturated heterocycles. The molecule has 20 heavy (non-hydrogen) atoms. The van der Waals surface area contributed by atoms with Crippen LogP contribution in [0.25, 0.3) is 5.65 Å². The molecule has 0 aliphatic heterocycles. The van der Waals surface area contributed by atoms with Crippen molar-refractivity contribution in [2.24, 2.45) is 5.41 Å². The summed E-state index contributed by atoms with van der Waals surface area (Å²) in [7, 11) is 0. The first-order valence-electron chi connectivity index (χ1n) is 6.56. The molecule has 6 heteroatoms. The van der Waals surface area contributed by atoms with E-state index in [1.165, 1.54) is 0 Å². The lowest BCUT2D eigenvalue weighted by atomic mass is 9.69. The SMILES string of the molecule is O=C(NCC1(C(=O)O)CCC1)c1cn2ccccc2n1. The van der Waals surface area contributed by atoms with Crippen LogP contribution in [-0.4, -0.2) is 32.9 Å². The molecule has 1 amide bonds. The third-order valence-electron chi connectivity index (χ3n) is 3.95. The summed E-state index contributed by atoms with van der Waals surface area (Å²) < 4.78 is 1.76. The summed E-state index contributed by atoms with van der Waals surface area (Å²) in [5.41, 5.74) is 0.208. The average Bonchev–Trinajstić information content (AvgIpc) is 2.80. The molecule has 0 radical (unpaired) electrons. The molecule has 3 rings (SSSR count). The van der Waals surface area contributed by atoms with E-state index in [1.54, 1.807) is 16.7 Å². The van der Waals surface area contributed by atoms with Crippen LogP contribution >= 0.6 is 0 Å². The van der Waals surface area contributed by atoms with Crippen LogP contribution in [0.2, 0.25) is 0 Å². The van der Waals surface area contributed by atoms with Crippen molar-refractivity contribution in [2.75, 3.05) is 6.54 Å². The van der Waals surface area contributed by atoms with Crippen LogP contribution in [0.15, 0.2) is 30.6 Å². The van der Waals surface area contributed by atoms with Gasteiger partial charge >= 0.3 is 5.97 Å². The van der Waals surface area contributed by atoms with E-state index in [2.05, 4.69) is 10.3 Å². The van der Waals surface area contributed by atoms with Crippen molar-refractivity contribution >= 4 is 17.5 Å². The fraction of sp³-hybridized carbons (Fsp3) is 0.357. The monoisotopic (exact) mass is 273 g/mol. The number of hydrogen-bond acceptors (Lipinski definition) is 3. The maximum absolute atomic E-state index is 12.0. The number of carboxylic acids is 1. The first kappa shape index (κ1) is 12.7. The number of aliphatic carboxylic acids is 1. The predicted molar refractivity (Wildman–Crippen MR) is 71.4 cm³/mol. The van der Waals surface area contributed by atoms with Gasteiger partial charge in [-0.3, -0.25) is 9.59 Å². The lowest BCUT2D eigenvalue weighted by Crippen LogP contribution is -2.47. The first-order chi connectivity index (χ1) is 9.61. The largest absolute Gasteiger partial charge is 0.481 e. The van der Waals surface area contributed by atoms with Crippen LogP contribution in [0.3, 0.4) is 0 Å². The van der Waals surface area contributed by atoms with Crippen molar-refractivity contribution in [3.63, 3.8) is 0 Å². The van der Waals surface area contributed by atoms with E-state index in [-0.39, 0.29) is 12.5 Å². The average molecular weight is 273 g/mol. The smallest absolute Gasteiger partial charge is 0.311 e. The zero-order valence-electron chi connectivity index (χ0n) is 10.9. The Morgan fingerprint density at radius 3 is 2.80 bits per heavy atom. The fourth-order valence-corrected chi connectivity index (χ4v) is 2.45. The summed E-state index contributed by atoms with van der Waals surface area (Å²) >= 11 is 0. The number of hydrogen-bond donors (Lipinski definition) is 2. The summed E-state index contributed by atoms with van der Waals surface area (Å²) in [5, 5.41) is 11.9. The fourth-order valence-electron chi connectivity index (χ4n) is 2.45. The molecule has 0 bridgehead atoms. The van der Waals surface area contributed by atoms with Crippen LogP contribution in [0.1, 0.15) is 29.8 Å². The minimum atomic E-state index is -0.834. The Hall–Kier alpha value is -2.37. The van der Waals surface area contributed by atoms with Crippen LogP contribution in [0.5, 0.6) is 0 Å². The zero-order valence-corrected chi connectivity index (χ0v) is 10.9. The number of aromatic nitrogens is 2. The normalized spacial score (nSPS) is 16.6. The molecule has 2 N–H and O–H groups in total. The second-order valence-electron chi connectivity index (χ2n) is 5.21. The lowest BCUT2D eigenvalue weighted by molar-refractivity contribution is -0.153. The Kier molecular flexibility index (Phi) is 2.93. The highest BCUT2D eigenvalue weighted by molar-refractivity contribution is 5.93. The molecule has 1 aliphatic carbocycles. The molecule has 0 atom stereocenters. The maximum atomic E-state index is 12.0. The summed E-state index contributed by atoms with van der Waals surface area (Å²) in [6.45, 7) is 0.162. The minimum Gasteiger partial charge on any atom is -0.481 e. The van der Waals surface area contributed by atoms with Gasteiger partial charge in [-0.1, -0.05) is 12.5 Å². The molecule has 1 fully saturated rings. The van der Waals surface area contributed by atoms with E-state index in [0.717, 1.165) is 6.42 Å². The van der Waals surface area contributed by atoms with E-state index in [1.807, 2.05) is 18.3 Å². The molecule has 1 aliphatic rings. The van der Waals surface area contributed by atoms with Crippen molar-refractivity contribution in [3.05, 3.63) is 36.3 Å². The molecule has 2 aromatic heterocycles. The third-order valence-corrected chi connectivity index (χ3v) is 3.95. The summed E-state index contributed by atoms with van der Waals surface area (Å²) in [5.74, 6) is -1.17. The van der Waals surface area contributed by atoms with Crippen molar-refractivity contribution in [2.45, 2.75) is 19.3 Å². The van der Waals surface area contributed by atoms with Gasteiger partial charge in [0.2, 0.25) is 0 Å². The highest BCUT2D eigenvalue weighted by Crippen LogP contribution is 2.40. The number of carboxylic acid groups (broad SMARTS) is 1. The van der Waals surface area contributed by atoms with Gasteiger partial charge in [-0.15, -0.1) is 0 Å². The summed E-state index contributed by atoms with van der Waals surface area (Å²) in [4.78, 5) is 27.5. The van der Waals surface area contributed by atoms with E-state index >= 15 is 0 Å². The van der Waals surface area contributed by atoms with Gasteiger partial charge in [0.15, 0.2) is 0 Å². The molecular formula is C14H15N3O3. The number of amides is 1. The van der Waals surface area contributed by atoms with E-state index in [0.29, 0.717) is 24.2 Å². The second-order valence-corrected chi connectivity index (χ2v) is 5.21. The topological polar surface area (TPSA) is 83.7 Å². The highest BCUT2D eigenvalue weighted by atomic mass is 16.4. The lowest BCUT2D eigenvalue weighted by Gasteiger charge is -2.37. The summed E-state index contributed by atoms with van der Waals surface area (Å²) in [6.07, 6.45) is 5.58. The van der Waals surface area contributed by atoms with Crippen LogP contribution in [-0.2, 0) is 4.79 Å². The Morgan fingerprint density at radius 1 is 1.40 bits per heavy atom. The van der Waals surface area contributed by atoms with Gasteiger partial charge in [0, 0.05) is 18.9 Å². The minimum absolute atomic E-state index is 0.162. The van der Waals surface area contributed by atoms with Crippen molar-refractivity contribution < 1.29 is 14.7 Å². The van der Waals surface area contributed by atoms with Gasteiger partial charge in [0.05, 0.1) is 5.41 Å². The number of nitrogens with one attached hydrogen (secondary N) is 1. The van der Waals surface area contributed by atoms with Crippen LogP contribution in [0, 0.1) is 5.41 Å². The number of rotatable bonds is 4. The first-order valence-corrected chi connectivity index (χ1v) is 6.56. The van der Waals surface area contributed by atoms with Gasteiger partial charge < -0.3 is 14.8 Å². The number of fused-ring (bicyclic) bond motifs is 1. The van der Waals surface area contributed by atoms with Gasteiger partial charge in [0.1, 0.15) is 11.3 Å². The predicted octanol–water partition coefficient (Wildman–Crippen LogP) is 1.32. The Labute approximate surface area is 115 Å². The number of imidazole rings is 1. The standard InChI is InChI=1S/C14H15N3O3/c18-12(15-9-14(13(19)20)5-3-6-14)10-8-17-7-2-1-4-11(17)16-10/h1-2,4,7-8H,3,5-6,9H2,(H,15,18)(H,19,20). The summed E-state index contributed by atoms with van der Waals surface area (Å²) in [6, 6.07) is 5.50. The molecular weight excluding hydrogens is 258 g/mol. The van der Waals surface area contributed by atoms with Crippen molar-refractivity contribution in [3.8, 4) is 0 Å². The number of pyridine rings is 1. The maximum Gasteiger partial charge on any atom is 0.311 e. The quantitative estimate of drug-likeness (QED) is 0.880. The van der Waals surface area contributed by atoms with E-state index < -0.39 is 11.4 Å². The molecule has 1 saturated carbocycles. The highest BCUT2D eigenvalue weighted by Gasteiger charge is 2.44. The number of carbonyl (C=O) groups is 2. The molecule has 2 heterocycles. The van der Waals surface area contributed by atoms with Crippen LogP contribution in [0.4, 0.5) is 0 Å². The zero-order chi connectivity index (χ0) is 14.2. The molecule has 104 valence electrons. The Bertz CT molecular complexity index is 640. The molecule has 0 unspecified atom stereocenters. The molecule has 0 spiro atoms. The molecule has 6 nitrogen and oxygen atoms in total. The van der Waals surface area contributed by atoms with Gasteiger partial charge in [-0.2, -0.15) is 0 Å². The number of nitrogens with zero attached hydrogens (tertiary/aromatic N) is 2. The van der Waals surface area contributed by atoms with Crippen molar-refractivity contribution in [1.29, 1.82) is 0 Å². The Balaban J connectivity index is 1.71. The van der Waals surface area contributed by atoms with E-state index in [9.17, 15) is 14.7 Å². The molecule has 0 aromatic carbocycles. The van der Waals surface area contributed by atoms with Gasteiger partial charge in [-0.25, -0.2) is 4.98 Å². The second kappa shape index (κ2) is 4.63. The van der Waals surface area contributed by atoms with Crippen LogP contribution < -0.4 is 5.32 Å². The molecule has 2 aromatic rings. The van der Waals surface area contributed by atoms with Gasteiger partial charge in [-0.05, 0) is 25.0 Å². The van der Waals surface area contributed by atoms with Crippen molar-refractivity contribution in [1.82, 2.24) is 14.7 Å².